The molecule has 2 N–H and O–H groups in total. The van der Waals surface area contributed by atoms with E-state index in [1.165, 1.54) is 16.8 Å². The van der Waals surface area contributed by atoms with Crippen LogP contribution in [0.15, 0.2) is 34.3 Å². The number of hydrogen-bond acceptors (Lipinski definition) is 4. The molecule has 3 aliphatic heterocycles. The lowest BCUT2D eigenvalue weighted by atomic mass is 9.89. The largest absolute Gasteiger partial charge is 0.378 e. The summed E-state index contributed by atoms with van der Waals surface area (Å²) in [7, 11) is 0. The number of pyridine rings is 1. The fourth-order valence-electron chi connectivity index (χ4n) is 5.24. The van der Waals surface area contributed by atoms with Crippen molar-refractivity contribution in [3.63, 3.8) is 0 Å². The van der Waals surface area contributed by atoms with Crippen molar-refractivity contribution in [2.45, 2.75) is 51.5 Å². The summed E-state index contributed by atoms with van der Waals surface area (Å²) in [5.74, 6) is 1.28. The first-order chi connectivity index (χ1) is 16.0. The highest BCUT2D eigenvalue weighted by Crippen LogP contribution is 2.37. The number of rotatable bonds is 5. The van der Waals surface area contributed by atoms with Crippen LogP contribution in [0.1, 0.15) is 61.0 Å². The number of dihydropyridines is 1. The van der Waals surface area contributed by atoms with Gasteiger partial charge < -0.3 is 9.72 Å². The van der Waals surface area contributed by atoms with Crippen LogP contribution in [-0.4, -0.2) is 65.6 Å². The summed E-state index contributed by atoms with van der Waals surface area (Å²) in [6.45, 7) is 14.7. The number of amidine groups is 1. The van der Waals surface area contributed by atoms with E-state index in [0.717, 1.165) is 67.8 Å². The molecular formula is C26H32N6O. The molecule has 2 fully saturated rings. The van der Waals surface area contributed by atoms with Crippen molar-refractivity contribution < 1.29 is 4.74 Å². The van der Waals surface area contributed by atoms with Crippen molar-refractivity contribution >= 4 is 35.0 Å². The second kappa shape index (κ2) is 8.80. The minimum atomic E-state index is 0.302. The van der Waals surface area contributed by atoms with Gasteiger partial charge in [-0.1, -0.05) is 20.4 Å². The topological polar surface area (TPSA) is 89.7 Å². The highest BCUT2D eigenvalue weighted by atomic mass is 16.5. The monoisotopic (exact) mass is 444 g/mol. The van der Waals surface area contributed by atoms with Crippen molar-refractivity contribution in [2.24, 2.45) is 9.98 Å². The SMILES string of the molecule is C=C1C=C(c2[nH]c3cc(C)c(C4CCN(C5COC5)CC4)nc3c2C(C)C)C=NC1=NC=N. The maximum absolute atomic E-state index is 7.21. The van der Waals surface area contributed by atoms with E-state index in [1.54, 1.807) is 6.21 Å². The molecule has 172 valence electrons. The average Bonchev–Trinajstić information content (AvgIpc) is 3.12. The molecular weight excluding hydrogens is 412 g/mol. The molecule has 0 unspecified atom stereocenters. The number of aromatic amines is 1. The maximum atomic E-state index is 7.21. The second-order valence-corrected chi connectivity index (χ2v) is 9.62. The van der Waals surface area contributed by atoms with E-state index in [2.05, 4.69) is 53.3 Å². The predicted octanol–water partition coefficient (Wildman–Crippen LogP) is 4.60. The summed E-state index contributed by atoms with van der Waals surface area (Å²) in [5.41, 5.74) is 8.57. The Morgan fingerprint density at radius 1 is 1.30 bits per heavy atom. The minimum absolute atomic E-state index is 0.302. The first kappa shape index (κ1) is 21.9. The zero-order valence-electron chi connectivity index (χ0n) is 19.7. The van der Waals surface area contributed by atoms with E-state index in [-0.39, 0.29) is 0 Å². The molecule has 0 atom stereocenters. The third-order valence-electron chi connectivity index (χ3n) is 7.09. The predicted molar refractivity (Wildman–Crippen MR) is 135 cm³/mol. The number of likely N-dealkylation sites (tertiary alicyclic amines) is 1. The number of nitrogens with one attached hydrogen (secondary N) is 2. The molecule has 7 nitrogen and oxygen atoms in total. The summed E-state index contributed by atoms with van der Waals surface area (Å²) in [5, 5.41) is 7.21. The lowest BCUT2D eigenvalue weighted by molar-refractivity contribution is -0.0713. The summed E-state index contributed by atoms with van der Waals surface area (Å²) in [6.07, 6.45) is 7.09. The van der Waals surface area contributed by atoms with Gasteiger partial charge in [0, 0.05) is 34.5 Å². The smallest absolute Gasteiger partial charge is 0.160 e. The van der Waals surface area contributed by atoms with Crippen molar-refractivity contribution in [1.82, 2.24) is 14.9 Å². The minimum Gasteiger partial charge on any atom is -0.378 e. The fraction of sp³-hybridized carbons (Fsp3) is 0.462. The standard InChI is InChI=1S/C26H32N6O/c1-15(2)22-24(19-9-17(4)26(28-11-19)29-14-27)30-21-10-16(3)23(31-25(21)22)18-5-7-32(8-6-18)20-12-33-13-20/h9-11,14-15,18,20,27,30H,4-8,12-13H2,1-3H3. The second-order valence-electron chi connectivity index (χ2n) is 9.62. The van der Waals surface area contributed by atoms with Crippen LogP contribution in [0.4, 0.5) is 0 Å². The van der Waals surface area contributed by atoms with Crippen LogP contribution in [0.2, 0.25) is 0 Å². The highest BCUT2D eigenvalue weighted by molar-refractivity contribution is 6.23. The number of aliphatic imine (C=N–C) groups is 2. The van der Waals surface area contributed by atoms with Gasteiger partial charge in [-0.2, -0.15) is 0 Å². The quantitative estimate of drug-likeness (QED) is 0.522. The van der Waals surface area contributed by atoms with Crippen LogP contribution >= 0.6 is 0 Å². The zero-order chi connectivity index (χ0) is 23.1. The van der Waals surface area contributed by atoms with Crippen LogP contribution in [-0.2, 0) is 4.74 Å². The van der Waals surface area contributed by atoms with Gasteiger partial charge in [0.25, 0.3) is 0 Å². The normalized spacial score (nSPS) is 21.8. The van der Waals surface area contributed by atoms with Crippen molar-refractivity contribution in [3.8, 4) is 0 Å². The van der Waals surface area contributed by atoms with Crippen LogP contribution in [0.3, 0.4) is 0 Å². The molecule has 0 amide bonds. The molecule has 2 aromatic rings. The van der Waals surface area contributed by atoms with Gasteiger partial charge in [0.2, 0.25) is 0 Å². The van der Waals surface area contributed by atoms with Crippen molar-refractivity contribution in [3.05, 3.63) is 46.8 Å². The molecule has 7 heteroatoms. The molecule has 0 saturated carbocycles. The molecule has 0 aromatic carbocycles. The Morgan fingerprint density at radius 2 is 2.06 bits per heavy atom. The number of piperidine rings is 1. The van der Waals surface area contributed by atoms with Gasteiger partial charge in [0.15, 0.2) is 5.84 Å². The van der Waals surface area contributed by atoms with Gasteiger partial charge in [-0.05, 0) is 56.5 Å². The van der Waals surface area contributed by atoms with Gasteiger partial charge in [0.05, 0.1) is 36.0 Å². The summed E-state index contributed by atoms with van der Waals surface area (Å²) < 4.78 is 5.39. The number of aryl methyl sites for hydroxylation is 1. The number of nitrogens with zero attached hydrogens (tertiary/aromatic N) is 4. The van der Waals surface area contributed by atoms with Crippen LogP contribution in [0.25, 0.3) is 16.6 Å². The average molecular weight is 445 g/mol. The Hall–Kier alpha value is -2.90. The fourth-order valence-corrected chi connectivity index (χ4v) is 5.24. The maximum Gasteiger partial charge on any atom is 0.160 e. The molecule has 2 saturated heterocycles. The van der Waals surface area contributed by atoms with Gasteiger partial charge >= 0.3 is 0 Å². The highest BCUT2D eigenvalue weighted by Gasteiger charge is 2.31. The summed E-state index contributed by atoms with van der Waals surface area (Å²) in [6, 6.07) is 2.88. The molecule has 2 aromatic heterocycles. The lowest BCUT2D eigenvalue weighted by Crippen LogP contribution is -2.51. The van der Waals surface area contributed by atoms with E-state index in [4.69, 9.17) is 15.1 Å². The van der Waals surface area contributed by atoms with Gasteiger partial charge in [-0.15, -0.1) is 0 Å². The molecule has 0 aliphatic carbocycles. The zero-order valence-corrected chi connectivity index (χ0v) is 19.7. The third-order valence-corrected chi connectivity index (χ3v) is 7.09. The lowest BCUT2D eigenvalue weighted by Gasteiger charge is -2.41. The van der Waals surface area contributed by atoms with Crippen molar-refractivity contribution in [2.75, 3.05) is 26.3 Å². The van der Waals surface area contributed by atoms with Crippen LogP contribution in [0.5, 0.6) is 0 Å². The first-order valence-corrected chi connectivity index (χ1v) is 11.8. The first-order valence-electron chi connectivity index (χ1n) is 11.8. The van der Waals surface area contributed by atoms with Gasteiger partial charge in [-0.3, -0.25) is 15.3 Å². The third kappa shape index (κ3) is 4.00. The number of ether oxygens (including phenoxy) is 1. The van der Waals surface area contributed by atoms with Crippen LogP contribution in [0, 0.1) is 12.3 Å². The summed E-state index contributed by atoms with van der Waals surface area (Å²) >= 11 is 0. The Morgan fingerprint density at radius 3 is 2.67 bits per heavy atom. The van der Waals surface area contributed by atoms with Crippen LogP contribution < -0.4 is 0 Å². The number of allylic oxidation sites excluding steroid dienone is 1. The molecule has 0 spiro atoms. The van der Waals surface area contributed by atoms with E-state index >= 15 is 0 Å². The van der Waals surface area contributed by atoms with Gasteiger partial charge in [0.1, 0.15) is 6.34 Å². The number of aromatic nitrogens is 2. The Kier molecular flexibility index (Phi) is 5.85. The number of H-pyrrole nitrogens is 1. The Bertz CT molecular complexity index is 1190. The van der Waals surface area contributed by atoms with E-state index in [0.29, 0.717) is 29.3 Å². The molecule has 0 radical (unpaired) electrons. The number of hydrogen-bond donors (Lipinski definition) is 2. The molecule has 5 rings (SSSR count). The Balaban J connectivity index is 1.49. The molecule has 3 aliphatic rings. The van der Waals surface area contributed by atoms with E-state index in [9.17, 15) is 0 Å². The van der Waals surface area contributed by atoms with E-state index < -0.39 is 0 Å². The Labute approximate surface area is 194 Å². The number of fused-ring (bicyclic) bond motifs is 1. The summed E-state index contributed by atoms with van der Waals surface area (Å²) in [4.78, 5) is 19.9. The molecule has 0 bridgehead atoms. The van der Waals surface area contributed by atoms with E-state index in [1.807, 2.05) is 6.08 Å². The molecule has 33 heavy (non-hydrogen) atoms. The van der Waals surface area contributed by atoms with Gasteiger partial charge in [-0.25, -0.2) is 9.98 Å². The van der Waals surface area contributed by atoms with Crippen molar-refractivity contribution in [1.29, 1.82) is 5.41 Å². The molecule has 5 heterocycles.